The van der Waals surface area contributed by atoms with E-state index in [4.69, 9.17) is 9.47 Å². The van der Waals surface area contributed by atoms with E-state index in [2.05, 4.69) is 13.5 Å². The van der Waals surface area contributed by atoms with Crippen LogP contribution in [0.5, 0.6) is 0 Å². The molecule has 36 heavy (non-hydrogen) atoms. The molecule has 0 unspecified atom stereocenters. The van der Waals surface area contributed by atoms with E-state index in [0.717, 1.165) is 12.8 Å². The van der Waals surface area contributed by atoms with E-state index >= 15 is 0 Å². The lowest BCUT2D eigenvalue weighted by Gasteiger charge is -2.48. The molecular weight excluding hydrogens is 472 g/mol. The number of aliphatic hydroxyl groups is 8. The zero-order chi connectivity index (χ0) is 26.5. The fourth-order valence-corrected chi connectivity index (χ4v) is 8.88. The van der Waals surface area contributed by atoms with Crippen molar-refractivity contribution in [1.29, 1.82) is 0 Å². The molecule has 0 amide bonds. The normalized spacial score (nSPS) is 58.3. The summed E-state index contributed by atoms with van der Waals surface area (Å²) in [6, 6.07) is 0. The second kappa shape index (κ2) is 8.67. The van der Waals surface area contributed by atoms with Gasteiger partial charge in [-0.25, -0.2) is 0 Å². The van der Waals surface area contributed by atoms with Gasteiger partial charge in [0.05, 0.1) is 31.0 Å². The molecule has 10 nitrogen and oxygen atoms in total. The highest BCUT2D eigenvalue weighted by Crippen LogP contribution is 2.68. The first kappa shape index (κ1) is 26.9. The van der Waals surface area contributed by atoms with Gasteiger partial charge in [0.2, 0.25) is 0 Å². The molecule has 8 N–H and O–H groups in total. The van der Waals surface area contributed by atoms with Gasteiger partial charge in [-0.2, -0.15) is 0 Å². The van der Waals surface area contributed by atoms with E-state index in [1.165, 1.54) is 0 Å². The molecule has 15 atom stereocenters. The van der Waals surface area contributed by atoms with Crippen molar-refractivity contribution in [1.82, 2.24) is 0 Å². The lowest BCUT2D eigenvalue weighted by molar-refractivity contribution is -0.325. The van der Waals surface area contributed by atoms with Crippen molar-refractivity contribution >= 4 is 0 Å². The molecule has 0 radical (unpaired) electrons. The molecule has 5 aliphatic rings. The summed E-state index contributed by atoms with van der Waals surface area (Å²) in [5.41, 5.74) is -3.18. The number of hydrogen-bond acceptors (Lipinski definition) is 10. The number of rotatable bonds is 3. The lowest BCUT2D eigenvalue weighted by atomic mass is 9.61. The molecule has 4 aliphatic carbocycles. The van der Waals surface area contributed by atoms with Gasteiger partial charge < -0.3 is 50.3 Å². The third-order valence-corrected chi connectivity index (χ3v) is 10.8. The number of hydrogen-bond donors (Lipinski definition) is 8. The highest BCUT2D eigenvalue weighted by atomic mass is 16.7. The highest BCUT2D eigenvalue weighted by molar-refractivity contribution is 5.33. The summed E-state index contributed by atoms with van der Waals surface area (Å²) in [6.07, 6.45) is -9.58. The Labute approximate surface area is 211 Å². The molecule has 1 spiro atoms. The summed E-state index contributed by atoms with van der Waals surface area (Å²) in [6.45, 7) is 9.13. The van der Waals surface area contributed by atoms with E-state index in [1.54, 1.807) is 13.8 Å². The Balaban J connectivity index is 1.50. The maximum atomic E-state index is 12.2. The minimum atomic E-state index is -1.87. The standard InChI is InChI=1S/C26H42O10/c1-10-7-25-8-15(28)26(34)16(11(2)13(25)6-5-12(10)21(25)33)18(30)22(24(26,3)4)36-23-20(32)19(31)17(29)14(9-27)35-23/h10,12-23,27-34H,2,5-9H2,1,3-4H3/t10-,12-,13-,14+,15+,16+,17+,18-,19-,20+,21+,22-,23-,25+,26+/m0/s1. The number of aliphatic hydroxyl groups excluding tert-OH is 7. The fourth-order valence-electron chi connectivity index (χ4n) is 8.88. The zero-order valence-electron chi connectivity index (χ0n) is 21.1. The fraction of sp³-hybridized carbons (Fsp3) is 0.923. The van der Waals surface area contributed by atoms with Gasteiger partial charge in [0.15, 0.2) is 6.29 Å². The molecule has 2 bridgehead atoms. The molecule has 206 valence electrons. The minimum absolute atomic E-state index is 0.133. The second-order valence-corrected chi connectivity index (χ2v) is 12.7. The predicted octanol–water partition coefficient (Wildman–Crippen LogP) is -1.35. The van der Waals surface area contributed by atoms with Crippen LogP contribution in [-0.2, 0) is 9.47 Å². The Morgan fingerprint density at radius 1 is 0.972 bits per heavy atom. The van der Waals surface area contributed by atoms with E-state index in [9.17, 15) is 40.9 Å². The van der Waals surface area contributed by atoms with Gasteiger partial charge in [0.25, 0.3) is 0 Å². The minimum Gasteiger partial charge on any atom is -0.394 e. The first-order chi connectivity index (χ1) is 16.7. The van der Waals surface area contributed by atoms with E-state index in [1.807, 2.05) is 0 Å². The molecule has 1 saturated heterocycles. The summed E-state index contributed by atoms with van der Waals surface area (Å²) in [5, 5.41) is 87.1. The van der Waals surface area contributed by atoms with Gasteiger partial charge in [-0.3, -0.25) is 0 Å². The third-order valence-electron chi connectivity index (χ3n) is 10.8. The highest BCUT2D eigenvalue weighted by Gasteiger charge is 2.74. The molecule has 0 aromatic heterocycles. The van der Waals surface area contributed by atoms with Crippen LogP contribution in [0.4, 0.5) is 0 Å². The van der Waals surface area contributed by atoms with E-state index in [-0.39, 0.29) is 24.2 Å². The van der Waals surface area contributed by atoms with Crippen LogP contribution in [0.3, 0.4) is 0 Å². The van der Waals surface area contributed by atoms with Crippen LogP contribution in [0.1, 0.15) is 46.5 Å². The van der Waals surface area contributed by atoms with Crippen molar-refractivity contribution in [2.45, 2.75) is 107 Å². The van der Waals surface area contributed by atoms with Crippen LogP contribution in [0.2, 0.25) is 0 Å². The maximum absolute atomic E-state index is 12.2. The average Bonchev–Trinajstić information content (AvgIpc) is 3.01. The summed E-state index contributed by atoms with van der Waals surface area (Å²) in [4.78, 5) is 0. The maximum Gasteiger partial charge on any atom is 0.187 e. The van der Waals surface area contributed by atoms with Crippen molar-refractivity contribution < 1.29 is 50.3 Å². The molecule has 0 aromatic carbocycles. The number of ether oxygens (including phenoxy) is 2. The SMILES string of the molecule is C=C1[C@@H]2[C@H](O)[C@H](O[C@@H]3O[C@H](CO)[C@@H](O)[C@H](O)[C@H]3O)C(C)(C)[C@@]2(O)[C@H](O)C[C@]23C[C@H](C)[C@H](CC[C@@H]12)[C@H]3O. The molecule has 4 saturated carbocycles. The molecule has 5 rings (SSSR count). The van der Waals surface area contributed by atoms with E-state index in [0.29, 0.717) is 12.0 Å². The van der Waals surface area contributed by atoms with Gasteiger partial charge in [0.1, 0.15) is 30.0 Å². The van der Waals surface area contributed by atoms with Gasteiger partial charge in [-0.1, -0.05) is 32.9 Å². The van der Waals surface area contributed by atoms with Gasteiger partial charge in [-0.15, -0.1) is 0 Å². The Morgan fingerprint density at radius 3 is 2.28 bits per heavy atom. The van der Waals surface area contributed by atoms with Crippen LogP contribution in [0, 0.1) is 34.5 Å². The Kier molecular flexibility index (Phi) is 6.49. The van der Waals surface area contributed by atoms with Crippen molar-refractivity contribution in [2.75, 3.05) is 6.61 Å². The largest absolute Gasteiger partial charge is 0.394 e. The Morgan fingerprint density at radius 2 is 1.64 bits per heavy atom. The quantitative estimate of drug-likeness (QED) is 0.210. The monoisotopic (exact) mass is 514 g/mol. The smallest absolute Gasteiger partial charge is 0.187 e. The molecule has 1 aliphatic heterocycles. The van der Waals surface area contributed by atoms with Crippen LogP contribution in [-0.4, -0.2) is 108 Å². The van der Waals surface area contributed by atoms with E-state index < -0.39 is 84.1 Å². The Hall–Kier alpha value is -0.660. The first-order valence-electron chi connectivity index (χ1n) is 13.1. The topological polar surface area (TPSA) is 180 Å². The molecule has 1 heterocycles. The summed E-state index contributed by atoms with van der Waals surface area (Å²) >= 11 is 0. The second-order valence-electron chi connectivity index (χ2n) is 12.7. The summed E-state index contributed by atoms with van der Waals surface area (Å²) in [5.74, 6) is -0.757. The molecule has 0 aromatic rings. The molecule has 10 heteroatoms. The van der Waals surface area contributed by atoms with Gasteiger partial charge in [0, 0.05) is 16.7 Å². The third kappa shape index (κ3) is 3.27. The van der Waals surface area contributed by atoms with Gasteiger partial charge >= 0.3 is 0 Å². The number of fused-ring (bicyclic) bond motifs is 2. The van der Waals surface area contributed by atoms with Crippen LogP contribution in [0.15, 0.2) is 12.2 Å². The van der Waals surface area contributed by atoms with Crippen molar-refractivity contribution in [3.63, 3.8) is 0 Å². The predicted molar refractivity (Wildman–Crippen MR) is 125 cm³/mol. The zero-order valence-corrected chi connectivity index (χ0v) is 21.1. The van der Waals surface area contributed by atoms with Crippen molar-refractivity contribution in [3.8, 4) is 0 Å². The van der Waals surface area contributed by atoms with Crippen LogP contribution < -0.4 is 0 Å². The lowest BCUT2D eigenvalue weighted by Crippen LogP contribution is -2.61. The van der Waals surface area contributed by atoms with Crippen LogP contribution in [0.25, 0.3) is 0 Å². The molecule has 5 fully saturated rings. The summed E-state index contributed by atoms with van der Waals surface area (Å²) in [7, 11) is 0. The first-order valence-corrected chi connectivity index (χ1v) is 13.1. The average molecular weight is 515 g/mol. The van der Waals surface area contributed by atoms with Gasteiger partial charge in [-0.05, 0) is 43.4 Å². The Bertz CT molecular complexity index is 879. The molecular formula is C26H42O10. The van der Waals surface area contributed by atoms with Crippen molar-refractivity contribution in [2.24, 2.45) is 34.5 Å². The van der Waals surface area contributed by atoms with Crippen molar-refractivity contribution in [3.05, 3.63) is 12.2 Å². The van der Waals surface area contributed by atoms with Crippen LogP contribution >= 0.6 is 0 Å². The summed E-state index contributed by atoms with van der Waals surface area (Å²) < 4.78 is 11.5.